The Morgan fingerprint density at radius 2 is 2.17 bits per heavy atom. The SMILES string of the molecule is CCCCN(C/C=C/Cl)CCBr. The molecule has 0 spiro atoms. The molecule has 1 nitrogen and oxygen atoms in total. The van der Waals surface area contributed by atoms with Crippen LogP contribution in [0.15, 0.2) is 11.6 Å². The fraction of sp³-hybridized carbons (Fsp3) is 0.778. The van der Waals surface area contributed by atoms with Gasteiger partial charge in [0.25, 0.3) is 0 Å². The van der Waals surface area contributed by atoms with Crippen molar-refractivity contribution in [1.82, 2.24) is 4.90 Å². The van der Waals surface area contributed by atoms with Crippen molar-refractivity contribution in [2.45, 2.75) is 19.8 Å². The van der Waals surface area contributed by atoms with Gasteiger partial charge in [0.2, 0.25) is 0 Å². The molecule has 0 aliphatic heterocycles. The van der Waals surface area contributed by atoms with Crippen LogP contribution in [0.25, 0.3) is 0 Å². The number of halogens is 2. The molecule has 0 rings (SSSR count). The lowest BCUT2D eigenvalue weighted by Gasteiger charge is -2.18. The zero-order chi connectivity index (χ0) is 9.23. The Hall–Kier alpha value is 0.470. The molecule has 0 heterocycles. The Bertz CT molecular complexity index is 117. The van der Waals surface area contributed by atoms with E-state index in [0.717, 1.165) is 18.4 Å². The highest BCUT2D eigenvalue weighted by Gasteiger charge is 1.99. The molecule has 0 N–H and O–H groups in total. The van der Waals surface area contributed by atoms with Gasteiger partial charge in [-0.15, -0.1) is 0 Å². The van der Waals surface area contributed by atoms with E-state index in [1.807, 2.05) is 6.08 Å². The Labute approximate surface area is 88.9 Å². The maximum atomic E-state index is 5.46. The number of hydrogen-bond donors (Lipinski definition) is 0. The number of nitrogens with zero attached hydrogens (tertiary/aromatic N) is 1. The molecule has 12 heavy (non-hydrogen) atoms. The van der Waals surface area contributed by atoms with Gasteiger partial charge in [0.05, 0.1) is 0 Å². The van der Waals surface area contributed by atoms with E-state index in [2.05, 4.69) is 27.8 Å². The summed E-state index contributed by atoms with van der Waals surface area (Å²) in [6.07, 6.45) is 4.51. The van der Waals surface area contributed by atoms with Crippen LogP contribution in [0.1, 0.15) is 19.8 Å². The van der Waals surface area contributed by atoms with Gasteiger partial charge in [-0.3, -0.25) is 4.90 Å². The average molecular weight is 255 g/mol. The van der Waals surface area contributed by atoms with E-state index >= 15 is 0 Å². The summed E-state index contributed by atoms with van der Waals surface area (Å²) in [6.45, 7) is 5.45. The molecule has 0 saturated heterocycles. The van der Waals surface area contributed by atoms with Crippen molar-refractivity contribution in [1.29, 1.82) is 0 Å². The van der Waals surface area contributed by atoms with Gasteiger partial charge in [0.1, 0.15) is 0 Å². The molecule has 72 valence electrons. The third-order valence-electron chi connectivity index (χ3n) is 1.68. The maximum Gasteiger partial charge on any atom is 0.0175 e. The third kappa shape index (κ3) is 7.14. The van der Waals surface area contributed by atoms with Crippen LogP contribution in [-0.2, 0) is 0 Å². The molecule has 0 aromatic carbocycles. The molecule has 0 bridgehead atoms. The number of rotatable bonds is 7. The molecule has 0 amide bonds. The highest BCUT2D eigenvalue weighted by atomic mass is 79.9. The average Bonchev–Trinajstić information content (AvgIpc) is 2.10. The fourth-order valence-electron chi connectivity index (χ4n) is 0.985. The Kier molecular flexibility index (Phi) is 9.93. The van der Waals surface area contributed by atoms with Gasteiger partial charge in [0.15, 0.2) is 0 Å². The zero-order valence-corrected chi connectivity index (χ0v) is 9.94. The summed E-state index contributed by atoms with van der Waals surface area (Å²) in [6, 6.07) is 0. The van der Waals surface area contributed by atoms with E-state index in [0.29, 0.717) is 0 Å². The van der Waals surface area contributed by atoms with Gasteiger partial charge in [0, 0.05) is 24.0 Å². The van der Waals surface area contributed by atoms with Gasteiger partial charge in [-0.25, -0.2) is 0 Å². The van der Waals surface area contributed by atoms with Gasteiger partial charge >= 0.3 is 0 Å². The van der Waals surface area contributed by atoms with E-state index in [-0.39, 0.29) is 0 Å². The summed E-state index contributed by atoms with van der Waals surface area (Å²) in [5, 5.41) is 1.03. The van der Waals surface area contributed by atoms with Crippen molar-refractivity contribution in [2.24, 2.45) is 0 Å². The van der Waals surface area contributed by atoms with Crippen molar-refractivity contribution in [3.8, 4) is 0 Å². The second-order valence-corrected chi connectivity index (χ2v) is 3.75. The molecule has 0 aromatic heterocycles. The lowest BCUT2D eigenvalue weighted by atomic mass is 10.3. The molecule has 0 atom stereocenters. The summed E-state index contributed by atoms with van der Waals surface area (Å²) in [5.74, 6) is 0. The topological polar surface area (TPSA) is 3.24 Å². The minimum Gasteiger partial charge on any atom is -0.299 e. The molecule has 0 unspecified atom stereocenters. The normalized spacial score (nSPS) is 11.7. The number of alkyl halides is 1. The number of unbranched alkanes of at least 4 members (excludes halogenated alkanes) is 1. The lowest BCUT2D eigenvalue weighted by molar-refractivity contribution is 0.317. The lowest BCUT2D eigenvalue weighted by Crippen LogP contribution is -2.26. The smallest absolute Gasteiger partial charge is 0.0175 e. The van der Waals surface area contributed by atoms with Crippen molar-refractivity contribution in [3.63, 3.8) is 0 Å². The summed E-state index contributed by atoms with van der Waals surface area (Å²) < 4.78 is 0. The Balaban J connectivity index is 3.53. The summed E-state index contributed by atoms with van der Waals surface area (Å²) in [4.78, 5) is 2.39. The molecule has 3 heteroatoms. The van der Waals surface area contributed by atoms with Crippen LogP contribution in [0.3, 0.4) is 0 Å². The first-order valence-corrected chi connectivity index (χ1v) is 5.94. The fourth-order valence-corrected chi connectivity index (χ4v) is 1.57. The maximum absolute atomic E-state index is 5.46. The molecule has 0 fully saturated rings. The second-order valence-electron chi connectivity index (χ2n) is 2.70. The van der Waals surface area contributed by atoms with Crippen LogP contribution >= 0.6 is 27.5 Å². The predicted molar refractivity (Wildman–Crippen MR) is 60.1 cm³/mol. The second kappa shape index (κ2) is 9.56. The van der Waals surface area contributed by atoms with Crippen molar-refractivity contribution >= 4 is 27.5 Å². The van der Waals surface area contributed by atoms with Gasteiger partial charge in [-0.05, 0) is 13.0 Å². The van der Waals surface area contributed by atoms with E-state index in [1.54, 1.807) is 5.54 Å². The quantitative estimate of drug-likeness (QED) is 0.631. The predicted octanol–water partition coefficient (Wildman–Crippen LogP) is 3.24. The summed E-state index contributed by atoms with van der Waals surface area (Å²) >= 11 is 8.90. The van der Waals surface area contributed by atoms with E-state index < -0.39 is 0 Å². The van der Waals surface area contributed by atoms with Crippen LogP contribution < -0.4 is 0 Å². The highest BCUT2D eigenvalue weighted by molar-refractivity contribution is 9.09. The van der Waals surface area contributed by atoms with Gasteiger partial charge in [-0.1, -0.05) is 47.0 Å². The van der Waals surface area contributed by atoms with Crippen molar-refractivity contribution < 1.29 is 0 Å². The monoisotopic (exact) mass is 253 g/mol. The van der Waals surface area contributed by atoms with Crippen LogP contribution in [-0.4, -0.2) is 29.9 Å². The summed E-state index contributed by atoms with van der Waals surface area (Å²) in [5.41, 5.74) is 1.59. The highest BCUT2D eigenvalue weighted by Crippen LogP contribution is 1.97. The van der Waals surface area contributed by atoms with E-state index in [1.165, 1.54) is 19.4 Å². The molecule has 0 aliphatic rings. The van der Waals surface area contributed by atoms with Gasteiger partial charge in [-0.2, -0.15) is 0 Å². The third-order valence-corrected chi connectivity index (χ3v) is 2.21. The molecular weight excluding hydrogens is 237 g/mol. The van der Waals surface area contributed by atoms with Crippen LogP contribution in [0.4, 0.5) is 0 Å². The Morgan fingerprint density at radius 1 is 1.42 bits per heavy atom. The minimum atomic E-state index is 0.967. The molecular formula is C9H17BrClN. The van der Waals surface area contributed by atoms with Crippen molar-refractivity contribution in [3.05, 3.63) is 11.6 Å². The molecule has 0 saturated carbocycles. The first kappa shape index (κ1) is 12.5. The zero-order valence-electron chi connectivity index (χ0n) is 7.60. The molecule has 0 aliphatic carbocycles. The summed E-state index contributed by atoms with van der Waals surface area (Å²) in [7, 11) is 0. The first-order valence-electron chi connectivity index (χ1n) is 4.38. The number of hydrogen-bond acceptors (Lipinski definition) is 1. The first-order chi connectivity index (χ1) is 5.85. The Morgan fingerprint density at radius 3 is 2.67 bits per heavy atom. The largest absolute Gasteiger partial charge is 0.299 e. The van der Waals surface area contributed by atoms with E-state index in [9.17, 15) is 0 Å². The molecule has 0 aromatic rings. The van der Waals surface area contributed by atoms with Gasteiger partial charge < -0.3 is 0 Å². The molecule has 0 radical (unpaired) electrons. The minimum absolute atomic E-state index is 0.967. The standard InChI is InChI=1S/C9H17BrClN/c1-2-3-7-12(9-5-10)8-4-6-11/h4,6H,2-3,5,7-9H2,1H3/b6-4+. The van der Waals surface area contributed by atoms with Crippen LogP contribution in [0, 0.1) is 0 Å². The van der Waals surface area contributed by atoms with Crippen molar-refractivity contribution in [2.75, 3.05) is 25.0 Å². The van der Waals surface area contributed by atoms with Crippen LogP contribution in [0.2, 0.25) is 0 Å². The van der Waals surface area contributed by atoms with E-state index in [4.69, 9.17) is 11.6 Å². The van der Waals surface area contributed by atoms with Crippen LogP contribution in [0.5, 0.6) is 0 Å².